The van der Waals surface area contributed by atoms with Crippen molar-refractivity contribution in [2.24, 2.45) is 0 Å². The molecule has 2 aliphatic rings. The van der Waals surface area contributed by atoms with E-state index in [1.165, 1.54) is 12.8 Å². The highest BCUT2D eigenvalue weighted by Crippen LogP contribution is 2.34. The van der Waals surface area contributed by atoms with E-state index in [0.717, 1.165) is 47.6 Å². The second kappa shape index (κ2) is 6.34. The second-order valence-electron chi connectivity index (χ2n) is 6.63. The van der Waals surface area contributed by atoms with Crippen LogP contribution in [-0.2, 0) is 11.3 Å². The third kappa shape index (κ3) is 2.92. The van der Waals surface area contributed by atoms with Gasteiger partial charge in [-0.05, 0) is 19.8 Å². The highest BCUT2D eigenvalue weighted by molar-refractivity contribution is 5.83. The summed E-state index contributed by atoms with van der Waals surface area (Å²) in [5.74, 6) is 2.35. The second-order valence-corrected chi connectivity index (χ2v) is 6.63. The molecule has 1 aromatic carbocycles. The molecule has 24 heavy (non-hydrogen) atoms. The van der Waals surface area contributed by atoms with E-state index in [-0.39, 0.29) is 5.91 Å². The lowest BCUT2D eigenvalue weighted by molar-refractivity contribution is -0.122. The summed E-state index contributed by atoms with van der Waals surface area (Å²) in [5, 5.41) is 3.14. The molecule has 128 valence electrons. The summed E-state index contributed by atoms with van der Waals surface area (Å²) >= 11 is 0. The van der Waals surface area contributed by atoms with E-state index >= 15 is 0 Å². The molecule has 1 aliphatic heterocycles. The number of aromatic nitrogens is 2. The van der Waals surface area contributed by atoms with Gasteiger partial charge in [0.1, 0.15) is 12.4 Å². The minimum absolute atomic E-state index is 0.0522. The first-order valence-corrected chi connectivity index (χ1v) is 8.76. The molecule has 0 saturated heterocycles. The number of nitrogens with one attached hydrogen (secondary N) is 1. The Kier molecular flexibility index (Phi) is 4.04. The molecular weight excluding hydrogens is 306 g/mol. The van der Waals surface area contributed by atoms with Crippen molar-refractivity contribution in [3.63, 3.8) is 0 Å². The van der Waals surface area contributed by atoms with E-state index in [0.29, 0.717) is 25.8 Å². The lowest BCUT2D eigenvalue weighted by atomic mass is 10.2. The molecule has 0 spiro atoms. The summed E-state index contributed by atoms with van der Waals surface area (Å²) < 4.78 is 13.4. The van der Waals surface area contributed by atoms with Crippen molar-refractivity contribution in [3.05, 3.63) is 18.0 Å². The molecule has 2 aromatic rings. The molecule has 1 aliphatic carbocycles. The van der Waals surface area contributed by atoms with Gasteiger partial charge in [-0.1, -0.05) is 12.8 Å². The summed E-state index contributed by atoms with van der Waals surface area (Å²) in [5.41, 5.74) is 1.75. The number of imidazole rings is 1. The van der Waals surface area contributed by atoms with Gasteiger partial charge < -0.3 is 19.4 Å². The van der Waals surface area contributed by atoms with E-state index in [4.69, 9.17) is 9.47 Å². The zero-order valence-electron chi connectivity index (χ0n) is 14.0. The molecule has 6 nitrogen and oxygen atoms in total. The molecule has 1 N–H and O–H groups in total. The van der Waals surface area contributed by atoms with E-state index in [9.17, 15) is 4.79 Å². The summed E-state index contributed by atoms with van der Waals surface area (Å²) in [6.07, 6.45) is 5.47. The van der Waals surface area contributed by atoms with Crippen LogP contribution in [0.15, 0.2) is 12.1 Å². The SMILES string of the molecule is Cc1nc2cc3c(cc2n1CC(=O)NC1CCCC1)OCCCO3. The van der Waals surface area contributed by atoms with Crippen LogP contribution >= 0.6 is 0 Å². The van der Waals surface area contributed by atoms with Crippen molar-refractivity contribution in [2.75, 3.05) is 13.2 Å². The Bertz CT molecular complexity index is 762. The zero-order valence-corrected chi connectivity index (χ0v) is 14.0. The summed E-state index contributed by atoms with van der Waals surface area (Å²) in [7, 11) is 0. The first-order chi connectivity index (χ1) is 11.7. The number of benzene rings is 1. The van der Waals surface area contributed by atoms with Gasteiger partial charge in [0, 0.05) is 24.6 Å². The fourth-order valence-corrected chi connectivity index (χ4v) is 3.59. The number of carbonyl (C=O) groups excluding carboxylic acids is 1. The van der Waals surface area contributed by atoms with Crippen LogP contribution in [0, 0.1) is 6.92 Å². The topological polar surface area (TPSA) is 65.4 Å². The molecule has 1 fully saturated rings. The maximum Gasteiger partial charge on any atom is 0.240 e. The number of carbonyl (C=O) groups is 1. The zero-order chi connectivity index (χ0) is 16.5. The van der Waals surface area contributed by atoms with Crippen molar-refractivity contribution in [1.82, 2.24) is 14.9 Å². The van der Waals surface area contributed by atoms with E-state index < -0.39 is 0 Å². The number of hydrogen-bond donors (Lipinski definition) is 1. The Morgan fingerprint density at radius 2 is 1.92 bits per heavy atom. The van der Waals surface area contributed by atoms with Gasteiger partial charge >= 0.3 is 0 Å². The predicted molar refractivity (Wildman–Crippen MR) is 90.5 cm³/mol. The Morgan fingerprint density at radius 1 is 1.21 bits per heavy atom. The minimum atomic E-state index is 0.0522. The minimum Gasteiger partial charge on any atom is -0.489 e. The summed E-state index contributed by atoms with van der Waals surface area (Å²) in [6, 6.07) is 4.19. The number of amides is 1. The van der Waals surface area contributed by atoms with Crippen LogP contribution in [0.5, 0.6) is 11.5 Å². The maximum absolute atomic E-state index is 12.4. The molecule has 0 unspecified atom stereocenters. The van der Waals surface area contributed by atoms with Crippen molar-refractivity contribution >= 4 is 16.9 Å². The molecule has 6 heteroatoms. The van der Waals surface area contributed by atoms with Crippen molar-refractivity contribution in [3.8, 4) is 11.5 Å². The van der Waals surface area contributed by atoms with Gasteiger partial charge in [0.25, 0.3) is 0 Å². The predicted octanol–water partition coefficient (Wildman–Crippen LogP) is 2.56. The van der Waals surface area contributed by atoms with E-state index in [2.05, 4.69) is 10.3 Å². The van der Waals surface area contributed by atoms with Gasteiger partial charge in [-0.15, -0.1) is 0 Å². The van der Waals surface area contributed by atoms with Gasteiger partial charge in [0.2, 0.25) is 5.91 Å². The molecule has 4 rings (SSSR count). The van der Waals surface area contributed by atoms with Crippen LogP contribution in [0.2, 0.25) is 0 Å². The first kappa shape index (κ1) is 15.3. The Balaban J connectivity index is 1.61. The van der Waals surface area contributed by atoms with Crippen molar-refractivity contribution in [2.45, 2.75) is 51.6 Å². The molecule has 2 heterocycles. The quantitative estimate of drug-likeness (QED) is 0.940. The molecule has 0 radical (unpaired) electrons. The van der Waals surface area contributed by atoms with Crippen LogP contribution in [0.4, 0.5) is 0 Å². The van der Waals surface area contributed by atoms with Gasteiger partial charge in [-0.25, -0.2) is 4.98 Å². The van der Waals surface area contributed by atoms with Gasteiger partial charge in [-0.3, -0.25) is 4.79 Å². The highest BCUT2D eigenvalue weighted by atomic mass is 16.5. The van der Waals surface area contributed by atoms with Gasteiger partial charge in [0.15, 0.2) is 11.5 Å². The first-order valence-electron chi connectivity index (χ1n) is 8.76. The lowest BCUT2D eigenvalue weighted by Gasteiger charge is -2.14. The molecule has 1 amide bonds. The number of rotatable bonds is 3. The van der Waals surface area contributed by atoms with Crippen molar-refractivity contribution < 1.29 is 14.3 Å². The van der Waals surface area contributed by atoms with E-state index in [1.807, 2.05) is 23.6 Å². The van der Waals surface area contributed by atoms with Crippen LogP contribution in [0.3, 0.4) is 0 Å². The van der Waals surface area contributed by atoms with E-state index in [1.54, 1.807) is 0 Å². The fraction of sp³-hybridized carbons (Fsp3) is 0.556. The number of ether oxygens (including phenoxy) is 2. The normalized spacial score (nSPS) is 17.9. The lowest BCUT2D eigenvalue weighted by Crippen LogP contribution is -2.35. The molecule has 0 bridgehead atoms. The van der Waals surface area contributed by atoms with Crippen LogP contribution in [0.25, 0.3) is 11.0 Å². The van der Waals surface area contributed by atoms with Crippen molar-refractivity contribution in [1.29, 1.82) is 0 Å². The molecule has 0 atom stereocenters. The van der Waals surface area contributed by atoms with Gasteiger partial charge in [0.05, 0.1) is 24.2 Å². The average molecular weight is 329 g/mol. The molecule has 1 aromatic heterocycles. The smallest absolute Gasteiger partial charge is 0.240 e. The summed E-state index contributed by atoms with van der Waals surface area (Å²) in [6.45, 7) is 3.52. The third-order valence-corrected chi connectivity index (χ3v) is 4.83. The summed E-state index contributed by atoms with van der Waals surface area (Å²) in [4.78, 5) is 17.0. The maximum atomic E-state index is 12.4. The standard InChI is InChI=1S/C18H23N3O3/c1-12-19-14-9-16-17(24-8-4-7-23-16)10-15(14)21(12)11-18(22)20-13-5-2-3-6-13/h9-10,13H,2-8,11H2,1H3,(H,20,22). The largest absolute Gasteiger partial charge is 0.489 e. The van der Waals surface area contributed by atoms with Crippen LogP contribution in [-0.4, -0.2) is 34.7 Å². The van der Waals surface area contributed by atoms with Crippen LogP contribution in [0.1, 0.15) is 37.9 Å². The van der Waals surface area contributed by atoms with Gasteiger partial charge in [-0.2, -0.15) is 0 Å². The van der Waals surface area contributed by atoms with Crippen LogP contribution < -0.4 is 14.8 Å². The number of hydrogen-bond acceptors (Lipinski definition) is 4. The fourth-order valence-electron chi connectivity index (χ4n) is 3.59. The molecular formula is C18H23N3O3. The third-order valence-electron chi connectivity index (χ3n) is 4.83. The Morgan fingerprint density at radius 3 is 2.67 bits per heavy atom. The highest BCUT2D eigenvalue weighted by Gasteiger charge is 2.20. The Labute approximate surface area is 141 Å². The molecule has 1 saturated carbocycles. The monoisotopic (exact) mass is 329 g/mol. The number of fused-ring (bicyclic) bond motifs is 2. The number of aryl methyl sites for hydroxylation is 1. The Hall–Kier alpha value is -2.24. The average Bonchev–Trinajstić information content (AvgIpc) is 3.08. The number of nitrogens with zero attached hydrogens (tertiary/aromatic N) is 2.